The molecule has 3 aromatic carbocycles. The summed E-state index contributed by atoms with van der Waals surface area (Å²) in [5.74, 6) is -43.2. The predicted molar refractivity (Wildman–Crippen MR) is 79.7 cm³/mol. The molecular formula is C19HF15. The summed E-state index contributed by atoms with van der Waals surface area (Å²) in [6.45, 7) is 0. The second-order valence-corrected chi connectivity index (χ2v) is 6.40. The van der Waals surface area contributed by atoms with Crippen LogP contribution in [0.1, 0.15) is 16.7 Å². The molecule has 0 bridgehead atoms. The topological polar surface area (TPSA) is 0 Å². The number of alkyl halides is 1. The second kappa shape index (κ2) is 8.13. The van der Waals surface area contributed by atoms with Crippen molar-refractivity contribution >= 4 is 0 Å². The van der Waals surface area contributed by atoms with Crippen LogP contribution < -0.4 is 0 Å². The van der Waals surface area contributed by atoms with Crippen molar-refractivity contribution in [1.82, 2.24) is 0 Å². The molecule has 0 aliphatic rings. The van der Waals surface area contributed by atoms with Crippen molar-refractivity contribution in [3.8, 4) is 0 Å². The molecular weight excluding hydrogens is 513 g/mol. The molecule has 0 saturated heterocycles. The van der Waals surface area contributed by atoms with Crippen LogP contribution >= 0.6 is 0 Å². The molecule has 3 aromatic rings. The molecule has 0 heterocycles. The van der Waals surface area contributed by atoms with Crippen LogP contribution in [0.3, 0.4) is 0 Å². The molecule has 182 valence electrons. The Bertz CT molecular complexity index is 1230. The second-order valence-electron chi connectivity index (χ2n) is 6.40. The third-order valence-electron chi connectivity index (χ3n) is 4.58. The average molecular weight is 514 g/mol. The SMILES string of the molecule is Fc1cc(C(F)(c2c(F)c(F)c(F)c(F)c2F)c2c(F)c(F)c(F)c(F)c2F)c(F)c(F)c1F. The van der Waals surface area contributed by atoms with Crippen molar-refractivity contribution in [2.75, 3.05) is 0 Å². The van der Waals surface area contributed by atoms with E-state index < -0.39 is 110 Å². The van der Waals surface area contributed by atoms with E-state index in [0.29, 0.717) is 0 Å². The summed E-state index contributed by atoms with van der Waals surface area (Å²) in [6, 6.07) is -0.885. The highest BCUT2D eigenvalue weighted by Gasteiger charge is 2.52. The van der Waals surface area contributed by atoms with E-state index >= 15 is 4.39 Å². The minimum absolute atomic E-state index is 0.885. The van der Waals surface area contributed by atoms with Crippen LogP contribution in [0, 0.1) is 81.4 Å². The van der Waals surface area contributed by atoms with E-state index in [1.165, 1.54) is 0 Å². The Labute approximate surface area is 176 Å². The highest BCUT2D eigenvalue weighted by Crippen LogP contribution is 2.48. The Morgan fingerprint density at radius 3 is 0.941 bits per heavy atom. The molecule has 0 unspecified atom stereocenters. The Kier molecular flexibility index (Phi) is 6.03. The van der Waals surface area contributed by atoms with Crippen LogP contribution in [-0.2, 0) is 5.67 Å². The number of hydrogen-bond acceptors (Lipinski definition) is 0. The molecule has 0 radical (unpaired) electrons. The maximum Gasteiger partial charge on any atom is 0.200 e. The van der Waals surface area contributed by atoms with Gasteiger partial charge in [-0.3, -0.25) is 0 Å². The molecule has 0 spiro atoms. The van der Waals surface area contributed by atoms with Gasteiger partial charge in [0.25, 0.3) is 0 Å². The van der Waals surface area contributed by atoms with Gasteiger partial charge in [0.15, 0.2) is 69.8 Å². The largest absolute Gasteiger partial charge is 0.227 e. The quantitative estimate of drug-likeness (QED) is 0.155. The molecule has 0 aliphatic heterocycles. The maximum atomic E-state index is 16.2. The van der Waals surface area contributed by atoms with Crippen molar-refractivity contribution < 1.29 is 65.9 Å². The van der Waals surface area contributed by atoms with Gasteiger partial charge >= 0.3 is 0 Å². The van der Waals surface area contributed by atoms with E-state index in [4.69, 9.17) is 0 Å². The molecule has 0 aromatic heterocycles. The molecule has 0 fully saturated rings. The molecule has 0 atom stereocenters. The summed E-state index contributed by atoms with van der Waals surface area (Å²) in [5, 5.41) is 0. The lowest BCUT2D eigenvalue weighted by atomic mass is 9.79. The lowest BCUT2D eigenvalue weighted by Gasteiger charge is -2.29. The fraction of sp³-hybridized carbons (Fsp3) is 0.0526. The van der Waals surface area contributed by atoms with Crippen molar-refractivity contribution in [3.05, 3.63) is 104 Å². The van der Waals surface area contributed by atoms with Crippen molar-refractivity contribution in [1.29, 1.82) is 0 Å². The van der Waals surface area contributed by atoms with Crippen LogP contribution in [0.5, 0.6) is 0 Å². The molecule has 0 saturated carbocycles. The summed E-state index contributed by atoms with van der Waals surface area (Å²) in [5.41, 5.74) is -14.6. The van der Waals surface area contributed by atoms with Gasteiger partial charge in [-0.25, -0.2) is 65.9 Å². The van der Waals surface area contributed by atoms with E-state index in [1.54, 1.807) is 0 Å². The van der Waals surface area contributed by atoms with Gasteiger partial charge in [-0.05, 0) is 6.07 Å². The highest BCUT2D eigenvalue weighted by atomic mass is 19.2. The molecule has 3 rings (SSSR count). The summed E-state index contributed by atoms with van der Waals surface area (Å²) in [6.07, 6.45) is 0. The smallest absolute Gasteiger partial charge is 0.200 e. The standard InChI is InChI=1S/C19HF15/c20-3-1-2(6(21)12(27)7(3)22)19(34,4-8(23)13(28)17(32)14(29)9(4)24)5-10(25)15(30)18(33)16(31)11(5)26/h1H. The van der Waals surface area contributed by atoms with E-state index in [9.17, 15) is 61.5 Å². The predicted octanol–water partition coefficient (Wildman–Crippen LogP) is 6.90. The number of hydrogen-bond donors (Lipinski definition) is 0. The third-order valence-corrected chi connectivity index (χ3v) is 4.58. The van der Waals surface area contributed by atoms with E-state index in [-0.39, 0.29) is 0 Å². The first-order valence-electron chi connectivity index (χ1n) is 8.16. The summed E-state index contributed by atoms with van der Waals surface area (Å²) in [4.78, 5) is 0. The minimum atomic E-state index is -5.56. The molecule has 0 amide bonds. The van der Waals surface area contributed by atoms with Gasteiger partial charge in [-0.15, -0.1) is 0 Å². The highest BCUT2D eigenvalue weighted by molar-refractivity contribution is 5.51. The molecule has 0 N–H and O–H groups in total. The number of rotatable bonds is 3. The van der Waals surface area contributed by atoms with Gasteiger partial charge in [0, 0.05) is 5.56 Å². The van der Waals surface area contributed by atoms with Gasteiger partial charge < -0.3 is 0 Å². The van der Waals surface area contributed by atoms with Crippen LogP contribution in [0.15, 0.2) is 6.07 Å². The first-order chi connectivity index (χ1) is 15.6. The van der Waals surface area contributed by atoms with Crippen LogP contribution in [-0.4, -0.2) is 0 Å². The van der Waals surface area contributed by atoms with Crippen molar-refractivity contribution in [3.63, 3.8) is 0 Å². The molecule has 34 heavy (non-hydrogen) atoms. The monoisotopic (exact) mass is 514 g/mol. The van der Waals surface area contributed by atoms with Crippen LogP contribution in [0.2, 0.25) is 0 Å². The fourth-order valence-electron chi connectivity index (χ4n) is 3.03. The lowest BCUT2D eigenvalue weighted by Crippen LogP contribution is -2.33. The molecule has 15 heteroatoms. The average Bonchev–Trinajstić information content (AvgIpc) is 2.79. The lowest BCUT2D eigenvalue weighted by molar-refractivity contribution is 0.214. The first-order valence-corrected chi connectivity index (χ1v) is 8.16. The van der Waals surface area contributed by atoms with Gasteiger partial charge in [-0.1, -0.05) is 0 Å². The van der Waals surface area contributed by atoms with Crippen LogP contribution in [0.4, 0.5) is 65.9 Å². The Hall–Kier alpha value is -3.39. The van der Waals surface area contributed by atoms with Gasteiger partial charge in [0.1, 0.15) is 0 Å². The zero-order valence-electron chi connectivity index (χ0n) is 15.2. The molecule has 0 nitrogen and oxygen atoms in total. The van der Waals surface area contributed by atoms with E-state index in [0.717, 1.165) is 0 Å². The Balaban J connectivity index is 2.72. The van der Waals surface area contributed by atoms with Crippen molar-refractivity contribution in [2.24, 2.45) is 0 Å². The van der Waals surface area contributed by atoms with E-state index in [1.807, 2.05) is 0 Å². The third kappa shape index (κ3) is 3.20. The summed E-state index contributed by atoms with van der Waals surface area (Å²) < 4.78 is 210. The zero-order valence-corrected chi connectivity index (χ0v) is 15.2. The summed E-state index contributed by atoms with van der Waals surface area (Å²) >= 11 is 0. The fourth-order valence-corrected chi connectivity index (χ4v) is 3.03. The summed E-state index contributed by atoms with van der Waals surface area (Å²) in [7, 11) is 0. The van der Waals surface area contributed by atoms with Gasteiger partial charge in [0.2, 0.25) is 17.3 Å². The Morgan fingerprint density at radius 2 is 0.618 bits per heavy atom. The zero-order chi connectivity index (χ0) is 26.0. The number of benzene rings is 3. The molecule has 0 aliphatic carbocycles. The maximum absolute atomic E-state index is 16.2. The van der Waals surface area contributed by atoms with Gasteiger partial charge in [0.05, 0.1) is 11.1 Å². The minimum Gasteiger partial charge on any atom is -0.227 e. The van der Waals surface area contributed by atoms with Crippen LogP contribution in [0.25, 0.3) is 0 Å². The number of halogens is 15. The first kappa shape index (κ1) is 25.2. The van der Waals surface area contributed by atoms with E-state index in [2.05, 4.69) is 0 Å². The Morgan fingerprint density at radius 1 is 0.353 bits per heavy atom. The normalized spacial score (nSPS) is 12.0. The van der Waals surface area contributed by atoms with Gasteiger partial charge in [-0.2, -0.15) is 0 Å². The van der Waals surface area contributed by atoms with Crippen molar-refractivity contribution in [2.45, 2.75) is 5.67 Å².